The molecule has 562 valence electrons. The monoisotopic (exact) mass is 1470 g/mol. The minimum absolute atomic E-state index is 0.0340. The Hall–Kier alpha value is -9.82. The van der Waals surface area contributed by atoms with Gasteiger partial charge in [-0.15, -0.1) is 13.2 Å². The molecule has 0 bridgehead atoms. The third kappa shape index (κ3) is 18.4. The number of ether oxygens (including phenoxy) is 14. The van der Waals surface area contributed by atoms with Gasteiger partial charge in [-0.05, 0) is 63.2 Å². The molecule has 5 aliphatic rings. The smallest absolute Gasteiger partial charge is 0.262 e. The summed E-state index contributed by atoms with van der Waals surface area (Å²) < 4.78 is 100. The average Bonchev–Trinajstić information content (AvgIpc) is 1.66. The van der Waals surface area contributed by atoms with Crippen molar-refractivity contribution in [2.75, 3.05) is 33.0 Å². The van der Waals surface area contributed by atoms with E-state index in [1.807, 2.05) is 212 Å². The summed E-state index contributed by atoms with van der Waals surface area (Å²) >= 11 is 0. The minimum Gasteiger partial charge on any atom is -0.375 e. The van der Waals surface area contributed by atoms with Crippen LogP contribution in [0.4, 0.5) is 0 Å². The number of hydrogen-bond donors (Lipinski definition) is 0. The van der Waals surface area contributed by atoms with Crippen molar-refractivity contribution in [2.45, 2.75) is 138 Å². The van der Waals surface area contributed by atoms with E-state index in [0.29, 0.717) is 5.56 Å². The topological polar surface area (TPSA) is 204 Å². The van der Waals surface area contributed by atoms with E-state index in [4.69, 9.17) is 66.3 Å². The molecule has 0 aliphatic carbocycles. The lowest BCUT2D eigenvalue weighted by Crippen LogP contribution is -2.71. The van der Waals surface area contributed by atoms with E-state index in [2.05, 4.69) is 13.2 Å². The van der Waals surface area contributed by atoms with Crippen LogP contribution in [0.3, 0.4) is 0 Å². The van der Waals surface area contributed by atoms with Gasteiger partial charge in [0.15, 0.2) is 18.9 Å². The van der Waals surface area contributed by atoms with Crippen molar-refractivity contribution in [3.05, 3.63) is 347 Å². The first-order valence-electron chi connectivity index (χ1n) is 36.8. The fourth-order valence-electron chi connectivity index (χ4n) is 14.5. The van der Waals surface area contributed by atoms with Gasteiger partial charge < -0.3 is 66.3 Å². The SMILES string of the molecule is C=CCOC[C@@H]1O[C@H](O[C@@H]2[C@@H](OCc3ccccc3)[C@H](N3C(=O)c4ccccc4C3=O)[C@@H](O[C@@H]3[C@@H](OCc4ccccc4)[C@H](N4C(=O)c5ccccc5C4=O)[C@@H](OCc4ccccc4)O[C@H]3COCc3ccccc3)O[C@H]2COCc2ccccc2)[C@@H](OCc2ccccc2)[C@@H](OCC=C)[C@H]1OCc1ccccc1. The number of rotatable bonds is 36. The highest BCUT2D eigenvalue weighted by atomic mass is 16.8. The maximum Gasteiger partial charge on any atom is 0.262 e. The largest absolute Gasteiger partial charge is 0.375 e. The van der Waals surface area contributed by atoms with Crippen LogP contribution in [0.2, 0.25) is 0 Å². The summed E-state index contributed by atoms with van der Waals surface area (Å²) in [5.74, 6) is -2.65. The van der Waals surface area contributed by atoms with Crippen molar-refractivity contribution in [3.8, 4) is 0 Å². The van der Waals surface area contributed by atoms with E-state index in [-0.39, 0.29) is 102 Å². The summed E-state index contributed by atoms with van der Waals surface area (Å²) in [6.07, 6.45) is -13.5. The van der Waals surface area contributed by atoms with E-state index < -0.39 is 116 Å². The van der Waals surface area contributed by atoms with Crippen molar-refractivity contribution in [1.82, 2.24) is 9.80 Å². The number of benzene rings is 9. The van der Waals surface area contributed by atoms with Gasteiger partial charge in [0.25, 0.3) is 23.6 Å². The number of hydrogen-bond acceptors (Lipinski definition) is 18. The van der Waals surface area contributed by atoms with Crippen LogP contribution in [-0.4, -0.2) is 158 Å². The maximum absolute atomic E-state index is 16.0. The van der Waals surface area contributed by atoms with Crippen LogP contribution in [0.1, 0.15) is 80.4 Å². The number of carbonyl (C=O) groups is 4. The lowest BCUT2D eigenvalue weighted by molar-refractivity contribution is -0.379. The lowest BCUT2D eigenvalue weighted by Gasteiger charge is -2.53. The molecule has 9 aromatic rings. The number of fused-ring (bicyclic) bond motifs is 2. The summed E-state index contributed by atoms with van der Waals surface area (Å²) in [4.78, 5) is 65.0. The van der Waals surface area contributed by atoms with Crippen LogP contribution in [0, 0.1) is 0 Å². The van der Waals surface area contributed by atoms with Crippen molar-refractivity contribution in [1.29, 1.82) is 0 Å². The maximum atomic E-state index is 16.0. The van der Waals surface area contributed by atoms with Gasteiger partial charge in [0, 0.05) is 0 Å². The Morgan fingerprint density at radius 3 is 0.936 bits per heavy atom. The molecule has 0 spiro atoms. The highest BCUT2D eigenvalue weighted by Crippen LogP contribution is 2.43. The molecule has 5 aliphatic heterocycles. The number of imide groups is 2. The number of carbonyl (C=O) groups excluding carboxylic acids is 4. The Balaban J connectivity index is 0.939. The zero-order valence-corrected chi connectivity index (χ0v) is 60.3. The zero-order chi connectivity index (χ0) is 74.7. The Kier molecular flexibility index (Phi) is 26.2. The van der Waals surface area contributed by atoms with Crippen LogP contribution in [-0.2, 0) is 113 Å². The Bertz CT molecular complexity index is 4350. The van der Waals surface area contributed by atoms with Crippen molar-refractivity contribution < 1.29 is 85.5 Å². The van der Waals surface area contributed by atoms with Gasteiger partial charge in [0.1, 0.15) is 73.1 Å². The zero-order valence-electron chi connectivity index (χ0n) is 60.3. The van der Waals surface area contributed by atoms with Gasteiger partial charge in [0.2, 0.25) is 0 Å². The second kappa shape index (κ2) is 37.5. The lowest BCUT2D eigenvalue weighted by atomic mass is 9.92. The average molecular weight is 1470 g/mol. The summed E-state index contributed by atoms with van der Waals surface area (Å²) in [7, 11) is 0. The molecule has 3 fully saturated rings. The van der Waals surface area contributed by atoms with E-state index in [0.717, 1.165) is 43.2 Å². The normalized spacial score (nSPS) is 25.3. The standard InChI is InChI=1S/C89H88N2O18/c1-3-48-96-57-71-76(100-52-62-34-16-7-17-35-62)81(99-49-4-2)82(103-55-65-40-22-10-23-41-65)89(107-71)109-78-73(59-98-51-61-32-14-6-15-33-61)106-88(75(80(78)102-54-64-38-20-9-21-39-64)91-85(94)69-46-28-29-47-70(69)86(91)95)108-77-72(58-97-50-60-30-12-5-13-31-60)105-87(104-56-66-42-24-11-25-43-66)74(79(77)101-53-63-36-18-8-19-37-63)90-83(92)67-44-26-27-45-68(67)84(90)93/h3-47,71-82,87-89H,1-2,48-59H2/t71-,72-,73-,74-,75-,76-,77-,78-,79-,80-,81-,82-,87-,88+,89+/m0/s1. The first kappa shape index (κ1) is 76.0. The minimum atomic E-state index is -1.76. The van der Waals surface area contributed by atoms with Gasteiger partial charge in [0.05, 0.1) is 102 Å². The Labute approximate surface area is 634 Å². The molecule has 3 saturated heterocycles. The molecule has 20 nitrogen and oxygen atoms in total. The molecule has 14 rings (SSSR count). The highest BCUT2D eigenvalue weighted by molar-refractivity contribution is 6.22. The molecule has 0 aromatic heterocycles. The first-order valence-corrected chi connectivity index (χ1v) is 36.8. The Morgan fingerprint density at radius 2 is 0.560 bits per heavy atom. The highest BCUT2D eigenvalue weighted by Gasteiger charge is 2.62. The third-order valence-corrected chi connectivity index (χ3v) is 19.8. The molecule has 0 unspecified atom stereocenters. The third-order valence-electron chi connectivity index (χ3n) is 19.8. The molecular formula is C89H88N2O18. The van der Waals surface area contributed by atoms with Gasteiger partial charge >= 0.3 is 0 Å². The van der Waals surface area contributed by atoms with E-state index in [9.17, 15) is 0 Å². The van der Waals surface area contributed by atoms with Crippen molar-refractivity contribution in [2.24, 2.45) is 0 Å². The molecule has 0 N–H and O–H groups in total. The second-order valence-corrected chi connectivity index (χ2v) is 27.1. The summed E-state index contributed by atoms with van der Waals surface area (Å²) in [6.45, 7) is 7.81. The Morgan fingerprint density at radius 1 is 0.275 bits per heavy atom. The van der Waals surface area contributed by atoms with E-state index >= 15 is 19.2 Å². The van der Waals surface area contributed by atoms with Gasteiger partial charge in [-0.25, -0.2) is 0 Å². The van der Waals surface area contributed by atoms with E-state index in [1.54, 1.807) is 60.7 Å². The predicted octanol–water partition coefficient (Wildman–Crippen LogP) is 13.0. The van der Waals surface area contributed by atoms with Gasteiger partial charge in [-0.2, -0.15) is 0 Å². The molecule has 15 atom stereocenters. The summed E-state index contributed by atoms with van der Waals surface area (Å²) in [6, 6.07) is 76.9. The summed E-state index contributed by atoms with van der Waals surface area (Å²) in [5, 5.41) is 0. The van der Waals surface area contributed by atoms with Crippen LogP contribution in [0.15, 0.2) is 286 Å². The molecule has 0 radical (unpaired) electrons. The van der Waals surface area contributed by atoms with Crippen molar-refractivity contribution in [3.63, 3.8) is 0 Å². The fraction of sp³-hybridized carbons (Fsp3) is 0.303. The molecule has 4 amide bonds. The molecule has 0 saturated carbocycles. The molecule has 109 heavy (non-hydrogen) atoms. The quantitative estimate of drug-likeness (QED) is 0.0203. The molecule has 20 heteroatoms. The number of nitrogens with zero attached hydrogens (tertiary/aromatic N) is 2. The van der Waals surface area contributed by atoms with Crippen LogP contribution >= 0.6 is 0 Å². The fourth-order valence-corrected chi connectivity index (χ4v) is 14.5. The van der Waals surface area contributed by atoms with Crippen LogP contribution < -0.4 is 0 Å². The molecule has 9 aromatic carbocycles. The van der Waals surface area contributed by atoms with E-state index in [1.165, 1.54) is 0 Å². The van der Waals surface area contributed by atoms with Crippen LogP contribution in [0.25, 0.3) is 0 Å². The summed E-state index contributed by atoms with van der Waals surface area (Å²) in [5.41, 5.74) is 6.13. The molecule has 5 heterocycles. The van der Waals surface area contributed by atoms with Gasteiger partial charge in [-0.1, -0.05) is 249 Å². The van der Waals surface area contributed by atoms with Crippen LogP contribution in [0.5, 0.6) is 0 Å². The number of amides is 4. The predicted molar refractivity (Wildman–Crippen MR) is 402 cm³/mol. The first-order chi connectivity index (χ1) is 53.7. The van der Waals surface area contributed by atoms with Gasteiger partial charge in [-0.3, -0.25) is 29.0 Å². The molecular weight excluding hydrogens is 1380 g/mol. The van der Waals surface area contributed by atoms with Crippen molar-refractivity contribution >= 4 is 23.6 Å². The second-order valence-electron chi connectivity index (χ2n) is 27.1.